The largest absolute Gasteiger partial charge is 0.506 e. The summed E-state index contributed by atoms with van der Waals surface area (Å²) in [5.74, 6) is -2.79. The number of hydrogen-bond donors (Lipinski definition) is 3. The SMILES string of the molecule is O=C(N/N=C\c1cc(Cl)cc(Cl)c1O)C(=O)Nc1ccc(F)cc1. The van der Waals surface area contributed by atoms with E-state index in [1.165, 1.54) is 24.3 Å². The van der Waals surface area contributed by atoms with Crippen molar-refractivity contribution in [3.8, 4) is 5.75 Å². The van der Waals surface area contributed by atoms with E-state index in [1.54, 1.807) is 0 Å². The lowest BCUT2D eigenvalue weighted by Crippen LogP contribution is -2.32. The fourth-order valence-corrected chi connectivity index (χ4v) is 2.13. The number of anilines is 1. The van der Waals surface area contributed by atoms with Gasteiger partial charge in [-0.05, 0) is 36.4 Å². The van der Waals surface area contributed by atoms with E-state index in [-0.39, 0.29) is 27.0 Å². The normalized spacial score (nSPS) is 10.6. The molecule has 0 aromatic heterocycles. The van der Waals surface area contributed by atoms with Crippen molar-refractivity contribution in [3.63, 3.8) is 0 Å². The maximum Gasteiger partial charge on any atom is 0.329 e. The molecule has 0 saturated carbocycles. The second kappa shape index (κ2) is 7.76. The van der Waals surface area contributed by atoms with Crippen LogP contribution in [0.15, 0.2) is 41.5 Å². The molecule has 0 fully saturated rings. The molecule has 2 rings (SSSR count). The fraction of sp³-hybridized carbons (Fsp3) is 0. The van der Waals surface area contributed by atoms with Crippen molar-refractivity contribution in [1.29, 1.82) is 0 Å². The van der Waals surface area contributed by atoms with Crippen molar-refractivity contribution in [1.82, 2.24) is 5.43 Å². The van der Waals surface area contributed by atoms with Gasteiger partial charge in [0, 0.05) is 16.3 Å². The second-order valence-electron chi connectivity index (χ2n) is 4.49. The van der Waals surface area contributed by atoms with Crippen molar-refractivity contribution in [2.45, 2.75) is 0 Å². The average molecular weight is 370 g/mol. The molecule has 124 valence electrons. The third-order valence-electron chi connectivity index (χ3n) is 2.74. The predicted molar refractivity (Wildman–Crippen MR) is 88.9 cm³/mol. The van der Waals surface area contributed by atoms with Gasteiger partial charge in [0.25, 0.3) is 0 Å². The quantitative estimate of drug-likeness (QED) is 0.441. The summed E-state index contributed by atoms with van der Waals surface area (Å²) in [4.78, 5) is 23.2. The number of amides is 2. The maximum absolute atomic E-state index is 12.7. The van der Waals surface area contributed by atoms with Gasteiger partial charge in [-0.25, -0.2) is 9.82 Å². The van der Waals surface area contributed by atoms with Crippen LogP contribution in [0.4, 0.5) is 10.1 Å². The van der Waals surface area contributed by atoms with Crippen LogP contribution >= 0.6 is 23.2 Å². The summed E-state index contributed by atoms with van der Waals surface area (Å²) < 4.78 is 12.7. The topological polar surface area (TPSA) is 90.8 Å². The lowest BCUT2D eigenvalue weighted by atomic mass is 10.2. The van der Waals surface area contributed by atoms with E-state index < -0.39 is 17.6 Å². The zero-order valence-corrected chi connectivity index (χ0v) is 13.4. The Labute approximate surface area is 145 Å². The summed E-state index contributed by atoms with van der Waals surface area (Å²) in [6.07, 6.45) is 1.08. The molecular weight excluding hydrogens is 360 g/mol. The van der Waals surface area contributed by atoms with Crippen LogP contribution in [0.5, 0.6) is 5.75 Å². The molecule has 2 aromatic carbocycles. The zero-order chi connectivity index (χ0) is 17.7. The van der Waals surface area contributed by atoms with Crippen LogP contribution in [0, 0.1) is 5.82 Å². The molecule has 0 spiro atoms. The van der Waals surface area contributed by atoms with Crippen LogP contribution in [0.25, 0.3) is 0 Å². The molecule has 6 nitrogen and oxygen atoms in total. The van der Waals surface area contributed by atoms with E-state index in [0.29, 0.717) is 0 Å². The third kappa shape index (κ3) is 4.68. The molecule has 3 N–H and O–H groups in total. The number of phenols is 1. The van der Waals surface area contributed by atoms with Gasteiger partial charge in [-0.1, -0.05) is 23.2 Å². The maximum atomic E-state index is 12.7. The number of phenolic OH excluding ortho intramolecular Hbond substituents is 1. The van der Waals surface area contributed by atoms with Gasteiger partial charge < -0.3 is 10.4 Å². The smallest absolute Gasteiger partial charge is 0.329 e. The Morgan fingerprint density at radius 1 is 1.12 bits per heavy atom. The minimum Gasteiger partial charge on any atom is -0.506 e. The highest BCUT2D eigenvalue weighted by atomic mass is 35.5. The first-order valence-corrected chi connectivity index (χ1v) is 7.20. The Hall–Kier alpha value is -2.64. The molecule has 0 aliphatic rings. The lowest BCUT2D eigenvalue weighted by molar-refractivity contribution is -0.136. The molecule has 0 saturated heterocycles. The Morgan fingerprint density at radius 3 is 2.46 bits per heavy atom. The molecule has 9 heteroatoms. The van der Waals surface area contributed by atoms with Crippen molar-refractivity contribution >= 4 is 46.9 Å². The summed E-state index contributed by atoms with van der Waals surface area (Å²) in [5.41, 5.74) is 2.38. The summed E-state index contributed by atoms with van der Waals surface area (Å²) in [6.45, 7) is 0. The Kier molecular flexibility index (Phi) is 5.73. The van der Waals surface area contributed by atoms with Gasteiger partial charge >= 0.3 is 11.8 Å². The third-order valence-corrected chi connectivity index (χ3v) is 3.24. The van der Waals surface area contributed by atoms with E-state index in [0.717, 1.165) is 18.3 Å². The summed E-state index contributed by atoms with van der Waals surface area (Å²) >= 11 is 11.5. The zero-order valence-electron chi connectivity index (χ0n) is 11.9. The van der Waals surface area contributed by atoms with Gasteiger partial charge in [0.15, 0.2) is 0 Å². The summed E-state index contributed by atoms with van der Waals surface area (Å²) in [6, 6.07) is 7.59. The number of benzene rings is 2. The summed E-state index contributed by atoms with van der Waals surface area (Å²) in [5, 5.41) is 15.8. The predicted octanol–water partition coefficient (Wildman–Crippen LogP) is 2.93. The number of halogens is 3. The van der Waals surface area contributed by atoms with Crippen molar-refractivity contribution in [2.75, 3.05) is 5.32 Å². The van der Waals surface area contributed by atoms with E-state index >= 15 is 0 Å². The Bertz CT molecular complexity index is 810. The van der Waals surface area contributed by atoms with Crippen molar-refractivity contribution in [3.05, 3.63) is 57.8 Å². The van der Waals surface area contributed by atoms with Gasteiger partial charge in [-0.3, -0.25) is 9.59 Å². The van der Waals surface area contributed by atoms with Gasteiger partial charge in [0.2, 0.25) is 0 Å². The number of rotatable bonds is 3. The molecule has 0 bridgehead atoms. The molecule has 0 unspecified atom stereocenters. The van der Waals surface area contributed by atoms with E-state index in [4.69, 9.17) is 23.2 Å². The van der Waals surface area contributed by atoms with Crippen LogP contribution in [0.3, 0.4) is 0 Å². The first-order chi connectivity index (χ1) is 11.4. The molecule has 2 aromatic rings. The van der Waals surface area contributed by atoms with Gasteiger partial charge in [-0.2, -0.15) is 5.10 Å². The molecule has 0 aliphatic carbocycles. The van der Waals surface area contributed by atoms with Crippen LogP contribution in [0.1, 0.15) is 5.56 Å². The first-order valence-electron chi connectivity index (χ1n) is 6.45. The van der Waals surface area contributed by atoms with Crippen LogP contribution in [-0.4, -0.2) is 23.1 Å². The summed E-state index contributed by atoms with van der Waals surface area (Å²) in [7, 11) is 0. The number of nitrogens with one attached hydrogen (secondary N) is 2. The molecule has 0 radical (unpaired) electrons. The molecule has 0 heterocycles. The van der Waals surface area contributed by atoms with E-state index in [2.05, 4.69) is 10.4 Å². The monoisotopic (exact) mass is 369 g/mol. The number of carbonyl (C=O) groups excluding carboxylic acids is 2. The number of carbonyl (C=O) groups is 2. The number of hydrogen-bond acceptors (Lipinski definition) is 4. The van der Waals surface area contributed by atoms with Crippen LogP contribution in [-0.2, 0) is 9.59 Å². The minimum atomic E-state index is -1.05. The highest BCUT2D eigenvalue weighted by Gasteiger charge is 2.13. The van der Waals surface area contributed by atoms with Crippen molar-refractivity contribution < 1.29 is 19.1 Å². The van der Waals surface area contributed by atoms with Gasteiger partial charge in [0.1, 0.15) is 11.6 Å². The molecule has 2 amide bonds. The first kappa shape index (κ1) is 17.7. The van der Waals surface area contributed by atoms with E-state index in [9.17, 15) is 19.1 Å². The highest BCUT2D eigenvalue weighted by molar-refractivity contribution is 6.39. The lowest BCUT2D eigenvalue weighted by Gasteiger charge is -2.04. The number of hydrazone groups is 1. The minimum absolute atomic E-state index is 0.0179. The average Bonchev–Trinajstić information content (AvgIpc) is 2.53. The second-order valence-corrected chi connectivity index (χ2v) is 5.33. The van der Waals surface area contributed by atoms with Gasteiger partial charge in [-0.15, -0.1) is 0 Å². The molecular formula is C15H10Cl2FN3O3. The molecule has 24 heavy (non-hydrogen) atoms. The Morgan fingerprint density at radius 2 is 1.79 bits per heavy atom. The number of nitrogens with zero attached hydrogens (tertiary/aromatic N) is 1. The standard InChI is InChI=1S/C15H10Cl2FN3O3/c16-9-5-8(13(22)12(17)6-9)7-19-21-15(24)14(23)20-11-3-1-10(18)2-4-11/h1-7,22H,(H,20,23)(H,21,24)/b19-7-. The fourth-order valence-electron chi connectivity index (χ4n) is 1.62. The van der Waals surface area contributed by atoms with Crippen molar-refractivity contribution in [2.24, 2.45) is 5.10 Å². The molecule has 0 aliphatic heterocycles. The van der Waals surface area contributed by atoms with Gasteiger partial charge in [0.05, 0.1) is 11.2 Å². The number of aromatic hydroxyl groups is 1. The Balaban J connectivity index is 1.97. The highest BCUT2D eigenvalue weighted by Crippen LogP contribution is 2.29. The van der Waals surface area contributed by atoms with E-state index in [1.807, 2.05) is 5.43 Å². The van der Waals surface area contributed by atoms with Crippen LogP contribution < -0.4 is 10.7 Å². The molecule has 0 atom stereocenters. The van der Waals surface area contributed by atoms with Crippen LogP contribution in [0.2, 0.25) is 10.0 Å².